The van der Waals surface area contributed by atoms with E-state index in [2.05, 4.69) is 12.2 Å². The molecule has 0 bridgehead atoms. The predicted molar refractivity (Wildman–Crippen MR) is 83.9 cm³/mol. The van der Waals surface area contributed by atoms with Crippen LogP contribution >= 0.6 is 0 Å². The molecule has 1 fully saturated rings. The molecule has 1 aromatic carbocycles. The van der Waals surface area contributed by atoms with Crippen molar-refractivity contribution in [3.8, 4) is 5.75 Å². The van der Waals surface area contributed by atoms with Crippen LogP contribution in [0, 0.1) is 16.0 Å². The summed E-state index contributed by atoms with van der Waals surface area (Å²) in [6.45, 7) is 2.24. The van der Waals surface area contributed by atoms with E-state index in [1.54, 1.807) is 12.1 Å². The van der Waals surface area contributed by atoms with Gasteiger partial charge in [0.2, 0.25) is 0 Å². The molecule has 116 valence electrons. The summed E-state index contributed by atoms with van der Waals surface area (Å²) in [5.74, 6) is 1.18. The molecule has 0 radical (unpaired) electrons. The highest BCUT2D eigenvalue weighted by atomic mass is 16.6. The molecule has 0 spiro atoms. The molecule has 5 heteroatoms. The van der Waals surface area contributed by atoms with Crippen LogP contribution in [0.5, 0.6) is 5.75 Å². The Hall–Kier alpha value is -1.78. The maximum atomic E-state index is 10.9. The summed E-state index contributed by atoms with van der Waals surface area (Å²) >= 11 is 0. The van der Waals surface area contributed by atoms with Crippen LogP contribution in [0.15, 0.2) is 18.2 Å². The van der Waals surface area contributed by atoms with E-state index in [1.165, 1.54) is 51.7 Å². The molecule has 0 unspecified atom stereocenters. The number of nitro groups is 1. The number of hydrogen-bond donors (Lipinski definition) is 1. The topological polar surface area (TPSA) is 64.4 Å². The quantitative estimate of drug-likeness (QED) is 0.624. The Kier molecular flexibility index (Phi) is 5.42. The minimum atomic E-state index is -0.418. The maximum absolute atomic E-state index is 10.9. The van der Waals surface area contributed by atoms with Gasteiger partial charge < -0.3 is 10.1 Å². The second-order valence-electron chi connectivity index (χ2n) is 5.79. The van der Waals surface area contributed by atoms with Gasteiger partial charge in [-0.3, -0.25) is 10.1 Å². The predicted octanol–water partition coefficient (Wildman–Crippen LogP) is 4.37. The van der Waals surface area contributed by atoms with Crippen molar-refractivity contribution in [2.75, 3.05) is 12.4 Å². The molecule has 1 aliphatic carbocycles. The van der Waals surface area contributed by atoms with Crippen LogP contribution in [0.3, 0.4) is 0 Å². The first-order valence-corrected chi connectivity index (χ1v) is 7.73. The van der Waals surface area contributed by atoms with Crippen LogP contribution in [0.2, 0.25) is 0 Å². The number of benzene rings is 1. The van der Waals surface area contributed by atoms with E-state index in [1.807, 2.05) is 0 Å². The Morgan fingerprint density at radius 3 is 2.62 bits per heavy atom. The average Bonchev–Trinajstić information content (AvgIpc) is 2.49. The van der Waals surface area contributed by atoms with E-state index in [9.17, 15) is 10.1 Å². The molecule has 5 nitrogen and oxygen atoms in total. The second-order valence-corrected chi connectivity index (χ2v) is 5.79. The lowest BCUT2D eigenvalue weighted by atomic mass is 9.83. The average molecular weight is 292 g/mol. The molecule has 2 rings (SSSR count). The zero-order valence-corrected chi connectivity index (χ0v) is 12.8. The minimum Gasteiger partial charge on any atom is -0.490 e. The van der Waals surface area contributed by atoms with Crippen molar-refractivity contribution in [1.82, 2.24) is 0 Å². The van der Waals surface area contributed by atoms with E-state index < -0.39 is 4.92 Å². The van der Waals surface area contributed by atoms with Gasteiger partial charge in [-0.2, -0.15) is 0 Å². The zero-order valence-electron chi connectivity index (χ0n) is 12.8. The molecule has 1 aliphatic rings. The molecule has 1 aromatic rings. The van der Waals surface area contributed by atoms with Gasteiger partial charge in [0.1, 0.15) is 0 Å². The van der Waals surface area contributed by atoms with Crippen LogP contribution in [0.25, 0.3) is 0 Å². The van der Waals surface area contributed by atoms with Crippen molar-refractivity contribution >= 4 is 11.4 Å². The van der Waals surface area contributed by atoms with E-state index >= 15 is 0 Å². The van der Waals surface area contributed by atoms with Gasteiger partial charge in [-0.05, 0) is 37.7 Å². The smallest absolute Gasteiger partial charge is 0.311 e. The summed E-state index contributed by atoms with van der Waals surface area (Å²) in [6, 6.07) is 5.45. The fourth-order valence-electron chi connectivity index (χ4n) is 3.16. The van der Waals surface area contributed by atoms with Crippen molar-refractivity contribution in [3.05, 3.63) is 28.3 Å². The third kappa shape index (κ3) is 4.09. The van der Waals surface area contributed by atoms with Crippen LogP contribution in [-0.2, 0) is 0 Å². The molecular formula is C16H24N2O3. The number of nitrogens with zero attached hydrogens (tertiary/aromatic N) is 1. The SMILES string of the molecule is CCCC1CCC(Nc2ccc([N+](=O)[O-])c(OC)c2)CC1. The Bertz CT molecular complexity index is 482. The first-order chi connectivity index (χ1) is 10.1. The maximum Gasteiger partial charge on any atom is 0.311 e. The van der Waals surface area contributed by atoms with E-state index in [0.717, 1.165) is 11.6 Å². The summed E-state index contributed by atoms with van der Waals surface area (Å²) in [4.78, 5) is 10.5. The largest absolute Gasteiger partial charge is 0.490 e. The normalized spacial score (nSPS) is 21.8. The van der Waals surface area contributed by atoms with E-state index in [-0.39, 0.29) is 5.69 Å². The van der Waals surface area contributed by atoms with Gasteiger partial charge in [-0.15, -0.1) is 0 Å². The van der Waals surface area contributed by atoms with Crippen LogP contribution in [0.1, 0.15) is 45.4 Å². The summed E-state index contributed by atoms with van der Waals surface area (Å²) in [5.41, 5.74) is 0.908. The van der Waals surface area contributed by atoms with Crippen molar-refractivity contribution in [2.24, 2.45) is 5.92 Å². The Morgan fingerprint density at radius 1 is 1.33 bits per heavy atom. The fourth-order valence-corrected chi connectivity index (χ4v) is 3.16. The molecule has 0 amide bonds. The second kappa shape index (κ2) is 7.29. The molecule has 0 aromatic heterocycles. The lowest BCUT2D eigenvalue weighted by molar-refractivity contribution is -0.385. The fraction of sp³-hybridized carbons (Fsp3) is 0.625. The molecule has 21 heavy (non-hydrogen) atoms. The summed E-state index contributed by atoms with van der Waals surface area (Å²) < 4.78 is 5.10. The summed E-state index contributed by atoms with van der Waals surface area (Å²) in [7, 11) is 1.46. The van der Waals surface area contributed by atoms with Gasteiger partial charge in [-0.25, -0.2) is 0 Å². The summed E-state index contributed by atoms with van der Waals surface area (Å²) in [5, 5.41) is 14.4. The number of nitro benzene ring substituents is 1. The highest BCUT2D eigenvalue weighted by Crippen LogP contribution is 2.33. The van der Waals surface area contributed by atoms with Crippen molar-refractivity contribution < 1.29 is 9.66 Å². The van der Waals surface area contributed by atoms with Gasteiger partial charge in [-0.1, -0.05) is 19.8 Å². The highest BCUT2D eigenvalue weighted by Gasteiger charge is 2.21. The Balaban J connectivity index is 1.96. The Morgan fingerprint density at radius 2 is 2.05 bits per heavy atom. The zero-order chi connectivity index (χ0) is 15.2. The van der Waals surface area contributed by atoms with Crippen LogP contribution in [0.4, 0.5) is 11.4 Å². The first-order valence-electron chi connectivity index (χ1n) is 7.73. The molecule has 0 atom stereocenters. The van der Waals surface area contributed by atoms with Gasteiger partial charge in [0.15, 0.2) is 5.75 Å². The Labute approximate surface area is 125 Å². The molecule has 0 aliphatic heterocycles. The number of rotatable bonds is 6. The van der Waals surface area contributed by atoms with Gasteiger partial charge in [0, 0.05) is 23.9 Å². The number of anilines is 1. The van der Waals surface area contributed by atoms with Crippen molar-refractivity contribution in [1.29, 1.82) is 0 Å². The lowest BCUT2D eigenvalue weighted by Crippen LogP contribution is -2.26. The lowest BCUT2D eigenvalue weighted by Gasteiger charge is -2.29. The van der Waals surface area contributed by atoms with Gasteiger partial charge >= 0.3 is 5.69 Å². The molecule has 0 saturated heterocycles. The third-order valence-electron chi connectivity index (χ3n) is 4.29. The van der Waals surface area contributed by atoms with E-state index in [4.69, 9.17) is 4.74 Å². The number of ether oxygens (including phenoxy) is 1. The number of methoxy groups -OCH3 is 1. The third-order valence-corrected chi connectivity index (χ3v) is 4.29. The van der Waals surface area contributed by atoms with Crippen molar-refractivity contribution in [2.45, 2.75) is 51.5 Å². The number of nitrogens with one attached hydrogen (secondary N) is 1. The molecular weight excluding hydrogens is 268 g/mol. The van der Waals surface area contributed by atoms with Crippen LogP contribution in [-0.4, -0.2) is 18.1 Å². The molecule has 1 N–H and O–H groups in total. The van der Waals surface area contributed by atoms with Crippen LogP contribution < -0.4 is 10.1 Å². The minimum absolute atomic E-state index is 0.00899. The standard InChI is InChI=1S/C16H24N2O3/c1-3-4-12-5-7-13(8-6-12)17-14-9-10-15(18(19)20)16(11-14)21-2/h9-13,17H,3-8H2,1-2H3. The summed E-state index contributed by atoms with van der Waals surface area (Å²) in [6.07, 6.45) is 7.49. The van der Waals surface area contributed by atoms with E-state index in [0.29, 0.717) is 11.8 Å². The van der Waals surface area contributed by atoms with Gasteiger partial charge in [0.25, 0.3) is 0 Å². The van der Waals surface area contributed by atoms with Crippen molar-refractivity contribution in [3.63, 3.8) is 0 Å². The first kappa shape index (κ1) is 15.6. The highest BCUT2D eigenvalue weighted by molar-refractivity contribution is 5.58. The molecule has 1 saturated carbocycles. The number of hydrogen-bond acceptors (Lipinski definition) is 4. The molecule has 0 heterocycles. The monoisotopic (exact) mass is 292 g/mol. The van der Waals surface area contributed by atoms with Gasteiger partial charge in [0.05, 0.1) is 12.0 Å².